The van der Waals surface area contributed by atoms with Crippen LogP contribution in [-0.4, -0.2) is 52.4 Å². The van der Waals surface area contributed by atoms with Gasteiger partial charge in [0.25, 0.3) is 0 Å². The molecule has 0 aliphatic carbocycles. The van der Waals surface area contributed by atoms with Crippen LogP contribution in [0.5, 0.6) is 0 Å². The van der Waals surface area contributed by atoms with E-state index in [-0.39, 0.29) is 12.2 Å². The van der Waals surface area contributed by atoms with E-state index in [1.807, 2.05) is 32.9 Å². The number of fused-ring (bicyclic) bond motifs is 1. The summed E-state index contributed by atoms with van der Waals surface area (Å²) >= 11 is 0. The second kappa shape index (κ2) is 9.32. The van der Waals surface area contributed by atoms with Crippen molar-refractivity contribution in [2.24, 2.45) is 0 Å². The van der Waals surface area contributed by atoms with Gasteiger partial charge in [0, 0.05) is 30.4 Å². The standard InChI is InChI=1S/C22H31N3O3/c1-22(2,3)28-21(26)25-14-12-19(16-25)27-15-6-4-5-9-18-11-10-17-8-7-13-23-20(17)24-18/h7-8,10-11,13,19H,4-6,9,12,14-16H2,1-3H3. The number of carbonyl (C=O) groups excluding carboxylic acids is 1. The van der Waals surface area contributed by atoms with Crippen molar-refractivity contribution in [1.29, 1.82) is 0 Å². The van der Waals surface area contributed by atoms with E-state index in [4.69, 9.17) is 9.47 Å². The summed E-state index contributed by atoms with van der Waals surface area (Å²) in [5.74, 6) is 0. The average Bonchev–Trinajstić information content (AvgIpc) is 3.12. The second-order valence-corrected chi connectivity index (χ2v) is 8.37. The van der Waals surface area contributed by atoms with Crippen LogP contribution in [0.15, 0.2) is 30.5 Å². The summed E-state index contributed by atoms with van der Waals surface area (Å²) in [6.45, 7) is 7.74. The lowest BCUT2D eigenvalue weighted by Gasteiger charge is -2.24. The first-order valence-corrected chi connectivity index (χ1v) is 10.2. The van der Waals surface area contributed by atoms with Crippen molar-refractivity contribution in [3.8, 4) is 0 Å². The minimum absolute atomic E-state index is 0.126. The predicted octanol–water partition coefficient (Wildman–Crippen LogP) is 4.37. The fraction of sp³-hybridized carbons (Fsp3) is 0.591. The zero-order valence-electron chi connectivity index (χ0n) is 17.2. The summed E-state index contributed by atoms with van der Waals surface area (Å²) in [6, 6.07) is 8.14. The summed E-state index contributed by atoms with van der Waals surface area (Å²) in [7, 11) is 0. The van der Waals surface area contributed by atoms with Crippen LogP contribution < -0.4 is 0 Å². The number of unbranched alkanes of at least 4 members (excludes halogenated alkanes) is 2. The van der Waals surface area contributed by atoms with Gasteiger partial charge >= 0.3 is 6.09 Å². The maximum atomic E-state index is 12.1. The van der Waals surface area contributed by atoms with Gasteiger partial charge in [0.15, 0.2) is 5.65 Å². The lowest BCUT2D eigenvalue weighted by atomic mass is 10.1. The molecule has 1 saturated heterocycles. The van der Waals surface area contributed by atoms with E-state index >= 15 is 0 Å². The van der Waals surface area contributed by atoms with E-state index < -0.39 is 5.60 Å². The first-order valence-electron chi connectivity index (χ1n) is 10.2. The van der Waals surface area contributed by atoms with E-state index in [0.717, 1.165) is 55.4 Å². The molecule has 0 spiro atoms. The number of hydrogen-bond donors (Lipinski definition) is 0. The number of ether oxygens (including phenoxy) is 2. The molecule has 6 heteroatoms. The largest absolute Gasteiger partial charge is 0.444 e. The highest BCUT2D eigenvalue weighted by molar-refractivity contribution is 5.74. The highest BCUT2D eigenvalue weighted by atomic mass is 16.6. The highest BCUT2D eigenvalue weighted by Crippen LogP contribution is 2.18. The van der Waals surface area contributed by atoms with Crippen molar-refractivity contribution >= 4 is 17.1 Å². The summed E-state index contributed by atoms with van der Waals surface area (Å²) in [6.07, 6.45) is 6.72. The molecule has 1 atom stereocenters. The maximum absolute atomic E-state index is 12.1. The molecule has 152 valence electrons. The molecule has 1 fully saturated rings. The fourth-order valence-corrected chi connectivity index (χ4v) is 3.32. The van der Waals surface area contributed by atoms with Gasteiger partial charge in [-0.25, -0.2) is 14.8 Å². The molecule has 0 N–H and O–H groups in total. The molecule has 28 heavy (non-hydrogen) atoms. The summed E-state index contributed by atoms with van der Waals surface area (Å²) in [5, 5.41) is 1.08. The monoisotopic (exact) mass is 385 g/mol. The number of carbonyl (C=O) groups is 1. The first-order chi connectivity index (χ1) is 13.4. The molecule has 1 aliphatic heterocycles. The van der Waals surface area contributed by atoms with Gasteiger partial charge in [-0.1, -0.05) is 6.42 Å². The molecule has 2 aromatic rings. The van der Waals surface area contributed by atoms with Crippen LogP contribution in [0.3, 0.4) is 0 Å². The Morgan fingerprint density at radius 1 is 1.21 bits per heavy atom. The van der Waals surface area contributed by atoms with Crippen molar-refractivity contribution in [2.75, 3.05) is 19.7 Å². The lowest BCUT2D eigenvalue weighted by Crippen LogP contribution is -2.36. The number of aryl methyl sites for hydroxylation is 1. The SMILES string of the molecule is CC(C)(C)OC(=O)N1CCC(OCCCCCc2ccc3cccnc3n2)C1. The van der Waals surface area contributed by atoms with Gasteiger partial charge in [-0.2, -0.15) is 0 Å². The summed E-state index contributed by atoms with van der Waals surface area (Å²) < 4.78 is 11.4. The van der Waals surface area contributed by atoms with Crippen molar-refractivity contribution in [2.45, 2.75) is 64.6 Å². The molecule has 6 nitrogen and oxygen atoms in total. The van der Waals surface area contributed by atoms with Crippen LogP contribution in [0.25, 0.3) is 11.0 Å². The van der Waals surface area contributed by atoms with Gasteiger partial charge in [0.2, 0.25) is 0 Å². The van der Waals surface area contributed by atoms with Crippen molar-refractivity contribution in [1.82, 2.24) is 14.9 Å². The quantitative estimate of drug-likeness (QED) is 0.662. The van der Waals surface area contributed by atoms with Gasteiger partial charge in [-0.3, -0.25) is 0 Å². The van der Waals surface area contributed by atoms with E-state index in [2.05, 4.69) is 22.1 Å². The number of hydrogen-bond acceptors (Lipinski definition) is 5. The number of nitrogens with zero attached hydrogens (tertiary/aromatic N) is 3. The fourth-order valence-electron chi connectivity index (χ4n) is 3.32. The Morgan fingerprint density at radius 3 is 2.89 bits per heavy atom. The average molecular weight is 386 g/mol. The van der Waals surface area contributed by atoms with Gasteiger partial charge in [0.05, 0.1) is 12.6 Å². The van der Waals surface area contributed by atoms with Crippen molar-refractivity contribution in [3.05, 3.63) is 36.2 Å². The number of pyridine rings is 2. The Kier molecular flexibility index (Phi) is 6.83. The lowest BCUT2D eigenvalue weighted by molar-refractivity contribution is 0.0206. The molecule has 0 aromatic carbocycles. The summed E-state index contributed by atoms with van der Waals surface area (Å²) in [5.41, 5.74) is 1.46. The normalized spacial score (nSPS) is 17.2. The van der Waals surface area contributed by atoms with Crippen LogP contribution in [0.2, 0.25) is 0 Å². The number of rotatable bonds is 7. The van der Waals surface area contributed by atoms with Crippen LogP contribution in [0.4, 0.5) is 4.79 Å². The molecule has 0 bridgehead atoms. The van der Waals surface area contributed by atoms with Crippen LogP contribution in [-0.2, 0) is 15.9 Å². The zero-order chi connectivity index (χ0) is 20.0. The molecule has 2 aromatic heterocycles. The molecule has 1 amide bonds. The molecular formula is C22H31N3O3. The molecule has 1 aliphatic rings. The van der Waals surface area contributed by atoms with Crippen LogP contribution in [0.1, 0.15) is 52.1 Å². The zero-order valence-corrected chi connectivity index (χ0v) is 17.2. The Balaban J connectivity index is 1.29. The Morgan fingerprint density at radius 2 is 2.07 bits per heavy atom. The molecular weight excluding hydrogens is 354 g/mol. The van der Waals surface area contributed by atoms with Crippen molar-refractivity contribution < 1.29 is 14.3 Å². The molecule has 0 saturated carbocycles. The minimum atomic E-state index is -0.452. The van der Waals surface area contributed by atoms with Gasteiger partial charge in [-0.15, -0.1) is 0 Å². The molecule has 1 unspecified atom stereocenters. The summed E-state index contributed by atoms with van der Waals surface area (Å²) in [4.78, 5) is 22.7. The highest BCUT2D eigenvalue weighted by Gasteiger charge is 2.30. The Labute approximate surface area is 167 Å². The van der Waals surface area contributed by atoms with E-state index in [1.54, 1.807) is 11.1 Å². The minimum Gasteiger partial charge on any atom is -0.444 e. The van der Waals surface area contributed by atoms with Crippen LogP contribution in [0, 0.1) is 0 Å². The predicted molar refractivity (Wildman–Crippen MR) is 109 cm³/mol. The van der Waals surface area contributed by atoms with E-state index in [0.29, 0.717) is 13.1 Å². The third-order valence-corrected chi connectivity index (χ3v) is 4.75. The maximum Gasteiger partial charge on any atom is 0.410 e. The third kappa shape index (κ3) is 6.16. The van der Waals surface area contributed by atoms with Gasteiger partial charge in [-0.05, 0) is 70.7 Å². The molecule has 3 rings (SSSR count). The third-order valence-electron chi connectivity index (χ3n) is 4.75. The number of likely N-dealkylation sites (tertiary alicyclic amines) is 1. The first kappa shape index (κ1) is 20.5. The van der Waals surface area contributed by atoms with E-state index in [9.17, 15) is 4.79 Å². The van der Waals surface area contributed by atoms with Gasteiger partial charge in [0.1, 0.15) is 5.60 Å². The number of amides is 1. The molecule has 3 heterocycles. The van der Waals surface area contributed by atoms with Crippen LogP contribution >= 0.6 is 0 Å². The number of aromatic nitrogens is 2. The van der Waals surface area contributed by atoms with Gasteiger partial charge < -0.3 is 14.4 Å². The van der Waals surface area contributed by atoms with Crippen molar-refractivity contribution in [3.63, 3.8) is 0 Å². The molecule has 0 radical (unpaired) electrons. The Hall–Kier alpha value is -2.21. The second-order valence-electron chi connectivity index (χ2n) is 8.37. The smallest absolute Gasteiger partial charge is 0.410 e. The Bertz CT molecular complexity index is 788. The topological polar surface area (TPSA) is 64.5 Å². The van der Waals surface area contributed by atoms with E-state index in [1.165, 1.54) is 0 Å².